The van der Waals surface area contributed by atoms with Gasteiger partial charge in [-0.3, -0.25) is 9.78 Å². The van der Waals surface area contributed by atoms with Gasteiger partial charge in [-0.2, -0.15) is 0 Å². The maximum absolute atomic E-state index is 12.4. The molecule has 4 rings (SSSR count). The van der Waals surface area contributed by atoms with E-state index in [1.165, 1.54) is 11.3 Å². The van der Waals surface area contributed by atoms with Crippen LogP contribution in [0.2, 0.25) is 0 Å². The van der Waals surface area contributed by atoms with Gasteiger partial charge in [0.05, 0.1) is 11.4 Å². The summed E-state index contributed by atoms with van der Waals surface area (Å²) in [5.41, 5.74) is 2.28. The van der Waals surface area contributed by atoms with Crippen molar-refractivity contribution in [1.29, 1.82) is 0 Å². The summed E-state index contributed by atoms with van der Waals surface area (Å²) < 4.78 is 0. The zero-order valence-electron chi connectivity index (χ0n) is 13.3. The van der Waals surface area contributed by atoms with Gasteiger partial charge in [0, 0.05) is 17.1 Å². The van der Waals surface area contributed by atoms with Crippen molar-refractivity contribution in [1.82, 2.24) is 9.97 Å². The van der Waals surface area contributed by atoms with Crippen LogP contribution in [0.5, 0.6) is 0 Å². The second-order valence-corrected chi connectivity index (χ2v) is 6.41. The minimum Gasteiger partial charge on any atom is -0.289 e. The van der Waals surface area contributed by atoms with Gasteiger partial charge < -0.3 is 0 Å². The Balaban J connectivity index is 1.54. The smallest absolute Gasteiger partial charge is 0.185 e. The van der Waals surface area contributed by atoms with E-state index in [0.717, 1.165) is 27.2 Å². The molecule has 0 fully saturated rings. The molecule has 0 atom stereocenters. The fourth-order valence-electron chi connectivity index (χ4n) is 2.57. The van der Waals surface area contributed by atoms with Gasteiger partial charge in [-0.05, 0) is 41.1 Å². The standard InChI is InChI=1S/C21H14N2OS/c24-20(17-9-8-15-5-1-2-6-16(15)13-17)11-10-18-14-25-21(23-18)19-7-3-4-12-22-19/h1-14H. The van der Waals surface area contributed by atoms with Crippen LogP contribution in [0, 0.1) is 0 Å². The van der Waals surface area contributed by atoms with E-state index in [2.05, 4.69) is 9.97 Å². The van der Waals surface area contributed by atoms with E-state index in [-0.39, 0.29) is 5.78 Å². The second kappa shape index (κ2) is 6.79. The third-order valence-electron chi connectivity index (χ3n) is 3.85. The van der Waals surface area contributed by atoms with Crippen molar-refractivity contribution in [2.75, 3.05) is 0 Å². The Morgan fingerprint density at radius 1 is 0.960 bits per heavy atom. The molecule has 0 spiro atoms. The molecule has 25 heavy (non-hydrogen) atoms. The number of thiazole rings is 1. The predicted molar refractivity (Wildman–Crippen MR) is 103 cm³/mol. The fraction of sp³-hybridized carbons (Fsp3) is 0. The first-order chi connectivity index (χ1) is 12.3. The molecule has 0 bridgehead atoms. The van der Waals surface area contributed by atoms with E-state index < -0.39 is 0 Å². The molecule has 0 unspecified atom stereocenters. The van der Waals surface area contributed by atoms with Crippen LogP contribution in [0.15, 0.2) is 78.3 Å². The minimum atomic E-state index is -0.0295. The number of hydrogen-bond donors (Lipinski definition) is 0. The highest BCUT2D eigenvalue weighted by Crippen LogP contribution is 2.22. The molecule has 2 aromatic carbocycles. The topological polar surface area (TPSA) is 42.9 Å². The third kappa shape index (κ3) is 3.39. The molecule has 0 radical (unpaired) electrons. The number of benzene rings is 2. The van der Waals surface area contributed by atoms with Crippen LogP contribution in [-0.4, -0.2) is 15.8 Å². The summed E-state index contributed by atoms with van der Waals surface area (Å²) >= 11 is 1.52. The number of carbonyl (C=O) groups excluding carboxylic acids is 1. The normalized spacial score (nSPS) is 11.2. The van der Waals surface area contributed by atoms with Gasteiger partial charge in [-0.15, -0.1) is 11.3 Å². The average molecular weight is 342 g/mol. The van der Waals surface area contributed by atoms with E-state index in [1.807, 2.05) is 66.0 Å². The van der Waals surface area contributed by atoms with Crippen LogP contribution < -0.4 is 0 Å². The maximum Gasteiger partial charge on any atom is 0.185 e. The van der Waals surface area contributed by atoms with Crippen molar-refractivity contribution in [2.45, 2.75) is 0 Å². The first-order valence-electron chi connectivity index (χ1n) is 7.88. The molecule has 2 aromatic heterocycles. The summed E-state index contributed by atoms with van der Waals surface area (Å²) in [6, 6.07) is 19.5. The molecule has 3 nitrogen and oxygen atoms in total. The summed E-state index contributed by atoms with van der Waals surface area (Å²) in [4.78, 5) is 21.2. The molecule has 120 valence electrons. The van der Waals surface area contributed by atoms with E-state index >= 15 is 0 Å². The van der Waals surface area contributed by atoms with Crippen molar-refractivity contribution in [2.24, 2.45) is 0 Å². The Bertz CT molecular complexity index is 1070. The average Bonchev–Trinajstić information content (AvgIpc) is 3.15. The van der Waals surface area contributed by atoms with E-state index in [0.29, 0.717) is 5.56 Å². The lowest BCUT2D eigenvalue weighted by Crippen LogP contribution is -1.93. The molecule has 0 N–H and O–H groups in total. The van der Waals surface area contributed by atoms with Crippen molar-refractivity contribution in [3.05, 3.63) is 89.6 Å². The highest BCUT2D eigenvalue weighted by atomic mass is 32.1. The number of hydrogen-bond acceptors (Lipinski definition) is 4. The van der Waals surface area contributed by atoms with Gasteiger partial charge in [0.2, 0.25) is 0 Å². The number of allylic oxidation sites excluding steroid dienone is 1. The Labute approximate surface area is 149 Å². The van der Waals surface area contributed by atoms with Crippen molar-refractivity contribution < 1.29 is 4.79 Å². The molecule has 4 heteroatoms. The van der Waals surface area contributed by atoms with Crippen molar-refractivity contribution >= 4 is 34.0 Å². The first-order valence-corrected chi connectivity index (χ1v) is 8.76. The third-order valence-corrected chi connectivity index (χ3v) is 4.73. The van der Waals surface area contributed by atoms with Gasteiger partial charge >= 0.3 is 0 Å². The van der Waals surface area contributed by atoms with Gasteiger partial charge in [-0.1, -0.05) is 42.5 Å². The Kier molecular flexibility index (Phi) is 4.19. The zero-order chi connectivity index (χ0) is 17.1. The minimum absolute atomic E-state index is 0.0295. The highest BCUT2D eigenvalue weighted by molar-refractivity contribution is 7.13. The van der Waals surface area contributed by atoms with Crippen molar-refractivity contribution in [3.63, 3.8) is 0 Å². The fourth-order valence-corrected chi connectivity index (χ4v) is 3.33. The van der Waals surface area contributed by atoms with Gasteiger partial charge in [-0.25, -0.2) is 4.98 Å². The van der Waals surface area contributed by atoms with Gasteiger partial charge in [0.1, 0.15) is 5.01 Å². The summed E-state index contributed by atoms with van der Waals surface area (Å²) in [5.74, 6) is -0.0295. The number of nitrogens with zero attached hydrogens (tertiary/aromatic N) is 2. The zero-order valence-corrected chi connectivity index (χ0v) is 14.1. The largest absolute Gasteiger partial charge is 0.289 e. The van der Waals surface area contributed by atoms with E-state index in [9.17, 15) is 4.79 Å². The van der Waals surface area contributed by atoms with Crippen LogP contribution >= 0.6 is 11.3 Å². The van der Waals surface area contributed by atoms with Crippen LogP contribution in [0.4, 0.5) is 0 Å². The number of rotatable bonds is 4. The quantitative estimate of drug-likeness (QED) is 0.375. The van der Waals surface area contributed by atoms with Crippen LogP contribution in [0.1, 0.15) is 16.1 Å². The number of carbonyl (C=O) groups is 1. The summed E-state index contributed by atoms with van der Waals surface area (Å²) in [6.07, 6.45) is 5.07. The van der Waals surface area contributed by atoms with Gasteiger partial charge in [0.25, 0.3) is 0 Å². The molecule has 0 saturated carbocycles. The summed E-state index contributed by atoms with van der Waals surface area (Å²) in [7, 11) is 0. The number of aromatic nitrogens is 2. The monoisotopic (exact) mass is 342 g/mol. The van der Waals surface area contributed by atoms with Crippen LogP contribution in [0.25, 0.3) is 27.6 Å². The Morgan fingerprint density at radius 2 is 1.80 bits per heavy atom. The van der Waals surface area contributed by atoms with Crippen LogP contribution in [-0.2, 0) is 0 Å². The number of ketones is 1. The predicted octanol–water partition coefficient (Wildman–Crippen LogP) is 5.25. The molecular weight excluding hydrogens is 328 g/mol. The lowest BCUT2D eigenvalue weighted by molar-refractivity contribution is 0.104. The second-order valence-electron chi connectivity index (χ2n) is 5.55. The number of fused-ring (bicyclic) bond motifs is 1. The number of pyridine rings is 1. The molecular formula is C21H14N2OS. The molecule has 0 aliphatic heterocycles. The molecule has 0 aliphatic carbocycles. The lowest BCUT2D eigenvalue weighted by Gasteiger charge is -2.00. The molecule has 0 saturated heterocycles. The molecule has 0 aliphatic rings. The molecule has 4 aromatic rings. The van der Waals surface area contributed by atoms with Crippen LogP contribution in [0.3, 0.4) is 0 Å². The molecule has 2 heterocycles. The summed E-state index contributed by atoms with van der Waals surface area (Å²) in [6.45, 7) is 0. The first kappa shape index (κ1) is 15.4. The SMILES string of the molecule is O=C(C=Cc1csc(-c2ccccn2)n1)c1ccc2ccccc2c1. The van der Waals surface area contributed by atoms with Crippen molar-refractivity contribution in [3.8, 4) is 10.7 Å². The summed E-state index contributed by atoms with van der Waals surface area (Å²) in [5, 5.41) is 4.96. The van der Waals surface area contributed by atoms with E-state index in [4.69, 9.17) is 0 Å². The highest BCUT2D eigenvalue weighted by Gasteiger charge is 2.06. The Hall–Kier alpha value is -3.11. The van der Waals surface area contributed by atoms with Gasteiger partial charge in [0.15, 0.2) is 5.78 Å². The molecule has 0 amide bonds. The lowest BCUT2D eigenvalue weighted by atomic mass is 10.0. The Morgan fingerprint density at radius 3 is 2.64 bits per heavy atom. The van der Waals surface area contributed by atoms with E-state index in [1.54, 1.807) is 18.3 Å². The maximum atomic E-state index is 12.4.